The second kappa shape index (κ2) is 5.41. The van der Waals surface area contributed by atoms with Gasteiger partial charge in [0.05, 0.1) is 11.6 Å². The van der Waals surface area contributed by atoms with Gasteiger partial charge < -0.3 is 10.0 Å². The van der Waals surface area contributed by atoms with Gasteiger partial charge in [-0.1, -0.05) is 12.1 Å². The number of hydrogen-bond acceptors (Lipinski definition) is 3. The number of likely N-dealkylation sites (N-methyl/N-ethyl adjacent to an activating group) is 1. The number of nitriles is 1. The molecular weight excluding hydrogens is 240 g/mol. The lowest BCUT2D eigenvalue weighted by Gasteiger charge is -2.27. The lowest BCUT2D eigenvalue weighted by Crippen LogP contribution is -2.45. The van der Waals surface area contributed by atoms with Gasteiger partial charge in [-0.05, 0) is 43.4 Å². The monoisotopic (exact) mass is 258 g/mol. The molecule has 0 aliphatic heterocycles. The first-order valence-corrected chi connectivity index (χ1v) is 6.52. The Kier molecular flexibility index (Phi) is 3.87. The molecule has 0 heterocycles. The van der Waals surface area contributed by atoms with Gasteiger partial charge in [-0.15, -0.1) is 0 Å². The zero-order valence-electron chi connectivity index (χ0n) is 11.1. The molecule has 1 aliphatic rings. The maximum absolute atomic E-state index is 12.2. The third-order valence-electron chi connectivity index (χ3n) is 3.65. The summed E-state index contributed by atoms with van der Waals surface area (Å²) in [4.78, 5) is 13.8. The highest BCUT2D eigenvalue weighted by Crippen LogP contribution is 2.31. The third-order valence-corrected chi connectivity index (χ3v) is 3.65. The van der Waals surface area contributed by atoms with Crippen molar-refractivity contribution >= 4 is 5.91 Å². The van der Waals surface area contributed by atoms with Crippen molar-refractivity contribution in [2.75, 3.05) is 7.05 Å². The predicted octanol–water partition coefficient (Wildman–Crippen LogP) is 1.82. The molecule has 1 fully saturated rings. The van der Waals surface area contributed by atoms with Crippen LogP contribution in [0.2, 0.25) is 0 Å². The number of rotatable bonds is 3. The van der Waals surface area contributed by atoms with Crippen LogP contribution in [0.25, 0.3) is 0 Å². The van der Waals surface area contributed by atoms with Crippen LogP contribution in [0.4, 0.5) is 0 Å². The zero-order chi connectivity index (χ0) is 13.9. The Morgan fingerprint density at radius 2 is 2.16 bits per heavy atom. The highest BCUT2D eigenvalue weighted by molar-refractivity contribution is 5.85. The van der Waals surface area contributed by atoms with Gasteiger partial charge in [0.15, 0.2) is 0 Å². The topological polar surface area (TPSA) is 64.3 Å². The molecule has 0 aromatic heterocycles. The highest BCUT2D eigenvalue weighted by Gasteiger charge is 2.40. The van der Waals surface area contributed by atoms with E-state index >= 15 is 0 Å². The van der Waals surface area contributed by atoms with Crippen molar-refractivity contribution in [2.45, 2.75) is 37.8 Å². The molecule has 1 amide bonds. The average Bonchev–Trinajstić information content (AvgIpc) is 2.86. The molecule has 4 nitrogen and oxygen atoms in total. The summed E-state index contributed by atoms with van der Waals surface area (Å²) in [5.74, 6) is -0.215. The predicted molar refractivity (Wildman–Crippen MR) is 71.0 cm³/mol. The van der Waals surface area contributed by atoms with E-state index in [1.807, 2.05) is 6.07 Å². The number of carbonyl (C=O) groups excluding carboxylic acids is 1. The van der Waals surface area contributed by atoms with Crippen molar-refractivity contribution in [2.24, 2.45) is 0 Å². The summed E-state index contributed by atoms with van der Waals surface area (Å²) in [5.41, 5.74) is 0.302. The molecular formula is C15H18N2O2. The maximum atomic E-state index is 12.2. The number of carbonyl (C=O) groups is 1. The van der Waals surface area contributed by atoms with Gasteiger partial charge in [0, 0.05) is 13.6 Å². The number of hydrogen-bond donors (Lipinski definition) is 1. The van der Waals surface area contributed by atoms with Gasteiger partial charge in [0.1, 0.15) is 5.60 Å². The fraction of sp³-hybridized carbons (Fsp3) is 0.467. The van der Waals surface area contributed by atoms with Gasteiger partial charge >= 0.3 is 0 Å². The summed E-state index contributed by atoms with van der Waals surface area (Å²) in [6.07, 6.45) is 2.91. The number of benzene rings is 1. The smallest absolute Gasteiger partial charge is 0.254 e. The minimum absolute atomic E-state index is 0.215. The molecule has 0 bridgehead atoms. The molecule has 19 heavy (non-hydrogen) atoms. The van der Waals surface area contributed by atoms with E-state index in [-0.39, 0.29) is 5.91 Å². The van der Waals surface area contributed by atoms with Crippen molar-refractivity contribution < 1.29 is 9.90 Å². The first kappa shape index (κ1) is 13.6. The van der Waals surface area contributed by atoms with Crippen LogP contribution >= 0.6 is 0 Å². The maximum Gasteiger partial charge on any atom is 0.254 e. The first-order valence-electron chi connectivity index (χ1n) is 6.52. The van der Waals surface area contributed by atoms with E-state index in [4.69, 9.17) is 5.26 Å². The molecule has 0 radical (unpaired) electrons. The van der Waals surface area contributed by atoms with Crippen LogP contribution in [-0.2, 0) is 11.3 Å². The molecule has 1 aromatic carbocycles. The van der Waals surface area contributed by atoms with Crippen LogP contribution in [0.15, 0.2) is 24.3 Å². The summed E-state index contributed by atoms with van der Waals surface area (Å²) < 4.78 is 0. The number of amides is 1. The molecule has 1 aromatic rings. The standard InChI is InChI=1S/C15H18N2O2/c1-17(14(18)15(19)7-2-3-8-15)11-13-6-4-5-12(9-13)10-16/h4-6,9,19H,2-3,7-8,11H2,1H3. The summed E-state index contributed by atoms with van der Waals surface area (Å²) >= 11 is 0. The molecule has 2 rings (SSSR count). The van der Waals surface area contributed by atoms with Crippen molar-refractivity contribution in [3.63, 3.8) is 0 Å². The van der Waals surface area contributed by atoms with E-state index < -0.39 is 5.60 Å². The summed E-state index contributed by atoms with van der Waals surface area (Å²) in [5, 5.41) is 19.1. The molecule has 1 N–H and O–H groups in total. The van der Waals surface area contributed by atoms with Crippen LogP contribution in [0.1, 0.15) is 36.8 Å². The Morgan fingerprint density at radius 1 is 1.47 bits per heavy atom. The molecule has 1 aliphatic carbocycles. The van der Waals surface area contributed by atoms with E-state index in [2.05, 4.69) is 6.07 Å². The molecule has 1 saturated carbocycles. The lowest BCUT2D eigenvalue weighted by molar-refractivity contribution is -0.149. The third kappa shape index (κ3) is 2.94. The van der Waals surface area contributed by atoms with Gasteiger partial charge in [-0.25, -0.2) is 0 Å². The second-order valence-corrected chi connectivity index (χ2v) is 5.21. The van der Waals surface area contributed by atoms with E-state index in [1.165, 1.54) is 0 Å². The van der Waals surface area contributed by atoms with Crippen LogP contribution < -0.4 is 0 Å². The normalized spacial score (nSPS) is 16.9. The Bertz CT molecular complexity index is 513. The van der Waals surface area contributed by atoms with Gasteiger partial charge in [0.25, 0.3) is 5.91 Å². The van der Waals surface area contributed by atoms with Crippen LogP contribution in [0.3, 0.4) is 0 Å². The summed E-state index contributed by atoms with van der Waals surface area (Å²) in [6, 6.07) is 9.26. The van der Waals surface area contributed by atoms with Crippen molar-refractivity contribution in [3.8, 4) is 6.07 Å². The van der Waals surface area contributed by atoms with Crippen molar-refractivity contribution in [1.82, 2.24) is 4.90 Å². The fourth-order valence-corrected chi connectivity index (χ4v) is 2.61. The second-order valence-electron chi connectivity index (χ2n) is 5.21. The summed E-state index contributed by atoms with van der Waals surface area (Å²) in [7, 11) is 1.69. The van der Waals surface area contributed by atoms with E-state index in [0.717, 1.165) is 18.4 Å². The largest absolute Gasteiger partial charge is 0.380 e. The van der Waals surface area contributed by atoms with Crippen LogP contribution in [-0.4, -0.2) is 28.6 Å². The van der Waals surface area contributed by atoms with Gasteiger partial charge in [-0.3, -0.25) is 4.79 Å². The Balaban J connectivity index is 2.06. The molecule has 0 atom stereocenters. The molecule has 100 valence electrons. The Morgan fingerprint density at radius 3 is 2.79 bits per heavy atom. The molecule has 4 heteroatoms. The first-order chi connectivity index (χ1) is 9.05. The minimum Gasteiger partial charge on any atom is -0.380 e. The van der Waals surface area contributed by atoms with Crippen molar-refractivity contribution in [3.05, 3.63) is 35.4 Å². The molecule has 0 unspecified atom stereocenters. The molecule has 0 spiro atoms. The SMILES string of the molecule is CN(Cc1cccc(C#N)c1)C(=O)C1(O)CCCC1. The highest BCUT2D eigenvalue weighted by atomic mass is 16.3. The van der Waals surface area contributed by atoms with Gasteiger partial charge in [-0.2, -0.15) is 5.26 Å². The summed E-state index contributed by atoms with van der Waals surface area (Å²) in [6.45, 7) is 0.413. The van der Waals surface area contributed by atoms with E-state index in [0.29, 0.717) is 24.9 Å². The molecule has 0 saturated heterocycles. The van der Waals surface area contributed by atoms with Gasteiger partial charge in [0.2, 0.25) is 0 Å². The van der Waals surface area contributed by atoms with Crippen LogP contribution in [0, 0.1) is 11.3 Å². The fourth-order valence-electron chi connectivity index (χ4n) is 2.61. The van der Waals surface area contributed by atoms with E-state index in [1.54, 1.807) is 30.1 Å². The quantitative estimate of drug-likeness (QED) is 0.899. The number of aliphatic hydroxyl groups is 1. The number of nitrogens with zero attached hydrogens (tertiary/aromatic N) is 2. The van der Waals surface area contributed by atoms with E-state index in [9.17, 15) is 9.90 Å². The Labute approximate surface area is 113 Å². The Hall–Kier alpha value is -1.86. The van der Waals surface area contributed by atoms with Crippen molar-refractivity contribution in [1.29, 1.82) is 5.26 Å². The zero-order valence-corrected chi connectivity index (χ0v) is 11.1. The lowest BCUT2D eigenvalue weighted by atomic mass is 10.0. The van der Waals surface area contributed by atoms with Crippen LogP contribution in [0.5, 0.6) is 0 Å². The minimum atomic E-state index is -1.18. The average molecular weight is 258 g/mol.